The lowest BCUT2D eigenvalue weighted by molar-refractivity contribution is 0.186. The van der Waals surface area contributed by atoms with Crippen LogP contribution in [0.2, 0.25) is 0 Å². The summed E-state index contributed by atoms with van der Waals surface area (Å²) in [6.45, 7) is 2.25. The summed E-state index contributed by atoms with van der Waals surface area (Å²) < 4.78 is 27.5. The average Bonchev–Trinajstić information content (AvgIpc) is 2.72. The first-order valence-corrected chi connectivity index (χ1v) is 8.95. The molecule has 0 bridgehead atoms. The van der Waals surface area contributed by atoms with Gasteiger partial charge < -0.3 is 10.8 Å². The summed E-state index contributed by atoms with van der Waals surface area (Å²) >= 11 is 0. The second-order valence-electron chi connectivity index (χ2n) is 5.52. The van der Waals surface area contributed by atoms with Gasteiger partial charge in [-0.1, -0.05) is 25.8 Å². The molecule has 118 valence electrons. The normalized spacial score (nSPS) is 21.1. The molecule has 1 saturated heterocycles. The number of aryl methyl sites for hydroxylation is 1. The van der Waals surface area contributed by atoms with Gasteiger partial charge in [0.15, 0.2) is 0 Å². The van der Waals surface area contributed by atoms with Crippen LogP contribution in [0.15, 0.2) is 23.1 Å². The van der Waals surface area contributed by atoms with Gasteiger partial charge in [0.1, 0.15) is 0 Å². The van der Waals surface area contributed by atoms with Crippen molar-refractivity contribution in [3.05, 3.63) is 23.8 Å². The van der Waals surface area contributed by atoms with Crippen LogP contribution in [0.4, 0.5) is 5.69 Å². The molecule has 1 heterocycles. The SMILES string of the molecule is CCc1ccc(N)cc1S(=O)(=O)N1CCCCCC1CO. The zero-order chi connectivity index (χ0) is 15.5. The fourth-order valence-electron chi connectivity index (χ4n) is 2.88. The van der Waals surface area contributed by atoms with E-state index in [0.29, 0.717) is 25.1 Å². The van der Waals surface area contributed by atoms with E-state index in [4.69, 9.17) is 5.73 Å². The Kier molecular flexibility index (Phi) is 5.24. The van der Waals surface area contributed by atoms with Crippen LogP contribution in [0.3, 0.4) is 0 Å². The smallest absolute Gasteiger partial charge is 0.243 e. The van der Waals surface area contributed by atoms with Crippen molar-refractivity contribution in [2.24, 2.45) is 0 Å². The first kappa shape index (κ1) is 16.3. The highest BCUT2D eigenvalue weighted by atomic mass is 32.2. The van der Waals surface area contributed by atoms with Crippen LogP contribution in [0, 0.1) is 0 Å². The van der Waals surface area contributed by atoms with Crippen LogP contribution in [-0.2, 0) is 16.4 Å². The zero-order valence-electron chi connectivity index (χ0n) is 12.5. The Bertz CT molecular complexity index is 587. The number of nitrogens with zero attached hydrogens (tertiary/aromatic N) is 1. The molecule has 2 rings (SSSR count). The number of aliphatic hydroxyl groups is 1. The van der Waals surface area contributed by atoms with Crippen LogP contribution < -0.4 is 5.73 Å². The van der Waals surface area contributed by atoms with E-state index < -0.39 is 10.0 Å². The number of nitrogen functional groups attached to an aromatic ring is 1. The van der Waals surface area contributed by atoms with Crippen LogP contribution >= 0.6 is 0 Å². The lowest BCUT2D eigenvalue weighted by atomic mass is 10.1. The fraction of sp³-hybridized carbons (Fsp3) is 0.600. The van der Waals surface area contributed by atoms with Gasteiger partial charge in [-0.15, -0.1) is 0 Å². The predicted molar refractivity (Wildman–Crippen MR) is 83.5 cm³/mol. The molecule has 3 N–H and O–H groups in total. The number of hydrogen-bond acceptors (Lipinski definition) is 4. The molecule has 1 atom stereocenters. The molecule has 1 aromatic carbocycles. The van der Waals surface area contributed by atoms with Gasteiger partial charge in [0.25, 0.3) is 0 Å². The third kappa shape index (κ3) is 3.39. The molecule has 1 unspecified atom stereocenters. The van der Waals surface area contributed by atoms with Crippen molar-refractivity contribution in [1.29, 1.82) is 0 Å². The third-order valence-electron chi connectivity index (χ3n) is 4.09. The lowest BCUT2D eigenvalue weighted by Crippen LogP contribution is -2.42. The molecule has 1 fully saturated rings. The molecule has 0 spiro atoms. The van der Waals surface area contributed by atoms with Gasteiger partial charge in [-0.2, -0.15) is 4.31 Å². The van der Waals surface area contributed by atoms with Gasteiger partial charge >= 0.3 is 0 Å². The van der Waals surface area contributed by atoms with Crippen molar-refractivity contribution < 1.29 is 13.5 Å². The largest absolute Gasteiger partial charge is 0.399 e. The Balaban J connectivity index is 2.46. The van der Waals surface area contributed by atoms with E-state index in [1.165, 1.54) is 10.4 Å². The van der Waals surface area contributed by atoms with E-state index in [0.717, 1.165) is 24.8 Å². The number of nitrogens with two attached hydrogens (primary N) is 1. The van der Waals surface area contributed by atoms with E-state index in [2.05, 4.69) is 0 Å². The predicted octanol–water partition coefficient (Wildman–Crippen LogP) is 1.76. The van der Waals surface area contributed by atoms with Crippen LogP contribution in [0.5, 0.6) is 0 Å². The lowest BCUT2D eigenvalue weighted by Gasteiger charge is -2.28. The number of sulfonamides is 1. The van der Waals surface area contributed by atoms with Gasteiger partial charge in [0.2, 0.25) is 10.0 Å². The highest BCUT2D eigenvalue weighted by Crippen LogP contribution is 2.28. The number of hydrogen-bond donors (Lipinski definition) is 2. The summed E-state index contributed by atoms with van der Waals surface area (Å²) in [5, 5.41) is 9.55. The molecule has 6 heteroatoms. The molecule has 0 aromatic heterocycles. The molecule has 1 aromatic rings. The molecule has 0 amide bonds. The van der Waals surface area contributed by atoms with Gasteiger partial charge in [-0.25, -0.2) is 8.42 Å². The van der Waals surface area contributed by atoms with E-state index in [1.54, 1.807) is 12.1 Å². The van der Waals surface area contributed by atoms with Crippen molar-refractivity contribution in [3.63, 3.8) is 0 Å². The quantitative estimate of drug-likeness (QED) is 0.830. The fourth-order valence-corrected chi connectivity index (χ4v) is 4.89. The van der Waals surface area contributed by atoms with Crippen molar-refractivity contribution >= 4 is 15.7 Å². The molecular formula is C15H24N2O3S. The van der Waals surface area contributed by atoms with Gasteiger partial charge in [0.05, 0.1) is 11.5 Å². The summed E-state index contributed by atoms with van der Waals surface area (Å²) in [5.74, 6) is 0. The van der Waals surface area contributed by atoms with E-state index in [-0.39, 0.29) is 17.5 Å². The molecule has 1 aliphatic rings. The topological polar surface area (TPSA) is 83.6 Å². The summed E-state index contributed by atoms with van der Waals surface area (Å²) in [6, 6.07) is 4.70. The molecule has 0 aliphatic carbocycles. The van der Waals surface area contributed by atoms with Crippen molar-refractivity contribution in [2.75, 3.05) is 18.9 Å². The van der Waals surface area contributed by atoms with Gasteiger partial charge in [-0.05, 0) is 37.0 Å². The summed E-state index contributed by atoms with van der Waals surface area (Å²) in [5.41, 5.74) is 6.99. The number of anilines is 1. The first-order chi connectivity index (χ1) is 10.0. The standard InChI is InChI=1S/C15H24N2O3S/c1-2-12-7-8-13(16)10-15(12)21(19,20)17-9-5-3-4-6-14(17)11-18/h7-8,10,14,18H,2-6,9,11,16H2,1H3. The van der Waals surface area contributed by atoms with Gasteiger partial charge in [-0.3, -0.25) is 0 Å². The van der Waals surface area contributed by atoms with E-state index >= 15 is 0 Å². The second kappa shape index (κ2) is 6.77. The summed E-state index contributed by atoms with van der Waals surface area (Å²) in [6.07, 6.45) is 4.13. The maximum Gasteiger partial charge on any atom is 0.243 e. The van der Waals surface area contributed by atoms with E-state index in [9.17, 15) is 13.5 Å². The van der Waals surface area contributed by atoms with Crippen molar-refractivity contribution in [1.82, 2.24) is 4.31 Å². The number of benzene rings is 1. The minimum absolute atomic E-state index is 0.136. The number of rotatable bonds is 4. The molecule has 0 saturated carbocycles. The van der Waals surface area contributed by atoms with E-state index in [1.807, 2.05) is 6.92 Å². The van der Waals surface area contributed by atoms with Crippen molar-refractivity contribution in [2.45, 2.75) is 50.0 Å². The zero-order valence-corrected chi connectivity index (χ0v) is 13.3. The monoisotopic (exact) mass is 312 g/mol. The molecule has 0 radical (unpaired) electrons. The number of aliphatic hydroxyl groups excluding tert-OH is 1. The Hall–Kier alpha value is -1.11. The Morgan fingerprint density at radius 2 is 2.10 bits per heavy atom. The summed E-state index contributed by atoms with van der Waals surface area (Å²) in [4.78, 5) is 0.283. The Labute approximate surface area is 126 Å². The minimum atomic E-state index is -3.62. The Morgan fingerprint density at radius 1 is 1.33 bits per heavy atom. The van der Waals surface area contributed by atoms with Crippen LogP contribution in [-0.4, -0.2) is 37.0 Å². The van der Waals surface area contributed by atoms with Crippen molar-refractivity contribution in [3.8, 4) is 0 Å². The second-order valence-corrected chi connectivity index (χ2v) is 7.38. The van der Waals surface area contributed by atoms with Crippen LogP contribution in [0.25, 0.3) is 0 Å². The third-order valence-corrected chi connectivity index (χ3v) is 6.13. The molecule has 21 heavy (non-hydrogen) atoms. The molecule has 1 aliphatic heterocycles. The maximum atomic E-state index is 13.0. The molecular weight excluding hydrogens is 288 g/mol. The summed E-state index contributed by atoms with van der Waals surface area (Å²) in [7, 11) is -3.62. The van der Waals surface area contributed by atoms with Gasteiger partial charge in [0, 0.05) is 18.3 Å². The maximum absolute atomic E-state index is 13.0. The highest BCUT2D eigenvalue weighted by molar-refractivity contribution is 7.89. The average molecular weight is 312 g/mol. The highest BCUT2D eigenvalue weighted by Gasteiger charge is 2.33. The van der Waals surface area contributed by atoms with Crippen LogP contribution in [0.1, 0.15) is 38.2 Å². The first-order valence-electron chi connectivity index (χ1n) is 7.51. The Morgan fingerprint density at radius 3 is 2.76 bits per heavy atom. The minimum Gasteiger partial charge on any atom is -0.399 e. The molecule has 5 nitrogen and oxygen atoms in total.